The van der Waals surface area contributed by atoms with Crippen LogP contribution in [0.5, 0.6) is 11.5 Å². The van der Waals surface area contributed by atoms with Gasteiger partial charge in [0.25, 0.3) is 0 Å². The Labute approximate surface area is 188 Å². The van der Waals surface area contributed by atoms with Crippen LogP contribution in [-0.2, 0) is 18.3 Å². The highest BCUT2D eigenvalue weighted by atomic mass is 16.5. The minimum absolute atomic E-state index is 0.0112. The molecule has 2 rings (SSSR count). The highest BCUT2D eigenvalue weighted by molar-refractivity contribution is 5.49. The molecule has 0 heterocycles. The van der Waals surface area contributed by atoms with E-state index in [-0.39, 0.29) is 18.6 Å². The van der Waals surface area contributed by atoms with Gasteiger partial charge in [-0.3, -0.25) is 0 Å². The third-order valence-corrected chi connectivity index (χ3v) is 6.36. The number of aryl methyl sites for hydroxylation is 2. The van der Waals surface area contributed by atoms with E-state index in [1.807, 2.05) is 0 Å². The zero-order valence-electron chi connectivity index (χ0n) is 20.1. The topological polar surface area (TPSA) is 58.9 Å². The van der Waals surface area contributed by atoms with Gasteiger partial charge < -0.3 is 19.7 Å². The molecule has 0 unspecified atom stereocenters. The standard InChI is InChI=1S/C27H40O4/c1-7-21-17-23(9-11-25(21)30-15-13-28)27(19(3)4,20(5)6)24-10-12-26(31-16-14-29)22(8-2)18-24/h9-12,17-20,28-29H,7-8,13-16H2,1-6H3. The maximum atomic E-state index is 9.15. The monoisotopic (exact) mass is 428 g/mol. The van der Waals surface area contributed by atoms with Crippen LogP contribution in [0.3, 0.4) is 0 Å². The summed E-state index contributed by atoms with van der Waals surface area (Å²) in [6.45, 7) is 14.1. The summed E-state index contributed by atoms with van der Waals surface area (Å²) in [7, 11) is 0. The second kappa shape index (κ2) is 11.5. The number of aliphatic hydroxyl groups excluding tert-OH is 2. The molecular weight excluding hydrogens is 388 g/mol. The average molecular weight is 429 g/mol. The molecule has 4 heteroatoms. The van der Waals surface area contributed by atoms with E-state index in [9.17, 15) is 0 Å². The number of hydrogen-bond acceptors (Lipinski definition) is 4. The molecule has 2 aromatic carbocycles. The van der Waals surface area contributed by atoms with Gasteiger partial charge in [-0.25, -0.2) is 0 Å². The SMILES string of the molecule is CCc1cc(C(c2ccc(OCCO)c(CC)c2)(C(C)C)C(C)C)ccc1OCCO. The Hall–Kier alpha value is -2.04. The molecule has 0 aliphatic heterocycles. The molecule has 0 aliphatic rings. The van der Waals surface area contributed by atoms with Crippen molar-refractivity contribution in [1.82, 2.24) is 0 Å². The first-order valence-corrected chi connectivity index (χ1v) is 11.6. The van der Waals surface area contributed by atoms with Gasteiger partial charge in [-0.15, -0.1) is 0 Å². The minimum Gasteiger partial charge on any atom is -0.491 e. The van der Waals surface area contributed by atoms with E-state index in [0.29, 0.717) is 25.0 Å². The zero-order chi connectivity index (χ0) is 23.0. The Balaban J connectivity index is 2.66. The molecule has 0 radical (unpaired) electrons. The minimum atomic E-state index is -0.168. The lowest BCUT2D eigenvalue weighted by Crippen LogP contribution is -2.39. The van der Waals surface area contributed by atoms with Crippen molar-refractivity contribution in [3.8, 4) is 11.5 Å². The van der Waals surface area contributed by atoms with E-state index in [1.54, 1.807) is 0 Å². The average Bonchev–Trinajstić information content (AvgIpc) is 2.76. The van der Waals surface area contributed by atoms with E-state index in [2.05, 4.69) is 77.9 Å². The van der Waals surface area contributed by atoms with Crippen molar-refractivity contribution >= 4 is 0 Å². The van der Waals surface area contributed by atoms with Crippen molar-refractivity contribution in [2.75, 3.05) is 26.4 Å². The first-order chi connectivity index (χ1) is 14.9. The summed E-state index contributed by atoms with van der Waals surface area (Å²) in [4.78, 5) is 0. The van der Waals surface area contributed by atoms with Crippen molar-refractivity contribution in [2.24, 2.45) is 11.8 Å². The molecule has 0 spiro atoms. The van der Waals surface area contributed by atoms with Crippen LogP contribution in [0.4, 0.5) is 0 Å². The second-order valence-electron chi connectivity index (χ2n) is 8.67. The number of rotatable bonds is 12. The third-order valence-electron chi connectivity index (χ3n) is 6.36. The first kappa shape index (κ1) is 25.2. The molecule has 0 bridgehead atoms. The molecule has 0 aliphatic carbocycles. The Morgan fingerprint density at radius 2 is 1.10 bits per heavy atom. The Kier molecular flexibility index (Phi) is 9.39. The van der Waals surface area contributed by atoms with Gasteiger partial charge in [0.2, 0.25) is 0 Å². The molecule has 0 fully saturated rings. The fourth-order valence-corrected chi connectivity index (χ4v) is 4.99. The second-order valence-corrected chi connectivity index (χ2v) is 8.67. The summed E-state index contributed by atoms with van der Waals surface area (Å²) < 4.78 is 11.5. The quantitative estimate of drug-likeness (QED) is 0.491. The fraction of sp³-hybridized carbons (Fsp3) is 0.556. The van der Waals surface area contributed by atoms with Gasteiger partial charge >= 0.3 is 0 Å². The Bertz CT molecular complexity index is 756. The van der Waals surface area contributed by atoms with Crippen LogP contribution in [0.25, 0.3) is 0 Å². The molecule has 2 aromatic rings. The predicted octanol–water partition coefficient (Wildman–Crippen LogP) is 5.15. The highest BCUT2D eigenvalue weighted by Crippen LogP contribution is 2.47. The van der Waals surface area contributed by atoms with Gasteiger partial charge in [-0.1, -0.05) is 65.8 Å². The first-order valence-electron chi connectivity index (χ1n) is 11.6. The normalized spacial score (nSPS) is 11.9. The van der Waals surface area contributed by atoms with Gasteiger partial charge in [0.1, 0.15) is 24.7 Å². The van der Waals surface area contributed by atoms with E-state index in [1.165, 1.54) is 11.1 Å². The molecule has 0 aromatic heterocycles. The van der Waals surface area contributed by atoms with Gasteiger partial charge in [-0.2, -0.15) is 0 Å². The van der Waals surface area contributed by atoms with Crippen LogP contribution in [0.2, 0.25) is 0 Å². The van der Waals surface area contributed by atoms with E-state index in [0.717, 1.165) is 35.5 Å². The number of hydrogen-bond donors (Lipinski definition) is 2. The van der Waals surface area contributed by atoms with Crippen molar-refractivity contribution in [2.45, 2.75) is 59.8 Å². The summed E-state index contributed by atoms with van der Waals surface area (Å²) in [5.74, 6) is 2.44. The Morgan fingerprint density at radius 1 is 0.710 bits per heavy atom. The molecule has 0 saturated heterocycles. The van der Waals surface area contributed by atoms with Gasteiger partial charge in [0.05, 0.1) is 13.2 Å². The van der Waals surface area contributed by atoms with Gasteiger partial charge in [0, 0.05) is 5.41 Å². The largest absolute Gasteiger partial charge is 0.491 e. The summed E-state index contributed by atoms with van der Waals surface area (Å²) in [6, 6.07) is 13.1. The number of ether oxygens (including phenoxy) is 2. The lowest BCUT2D eigenvalue weighted by Gasteiger charge is -2.43. The maximum absolute atomic E-state index is 9.15. The molecule has 2 N–H and O–H groups in total. The predicted molar refractivity (Wildman–Crippen MR) is 127 cm³/mol. The van der Waals surface area contributed by atoms with Crippen molar-refractivity contribution < 1.29 is 19.7 Å². The molecule has 0 atom stereocenters. The van der Waals surface area contributed by atoms with Crippen molar-refractivity contribution in [1.29, 1.82) is 0 Å². The molecule has 4 nitrogen and oxygen atoms in total. The van der Waals surface area contributed by atoms with Crippen LogP contribution in [0.1, 0.15) is 63.8 Å². The van der Waals surface area contributed by atoms with Crippen molar-refractivity contribution in [3.63, 3.8) is 0 Å². The highest BCUT2D eigenvalue weighted by Gasteiger charge is 2.41. The zero-order valence-corrected chi connectivity index (χ0v) is 20.1. The van der Waals surface area contributed by atoms with Gasteiger partial charge in [-0.05, 0) is 59.1 Å². The summed E-state index contributed by atoms with van der Waals surface area (Å²) >= 11 is 0. The Morgan fingerprint density at radius 3 is 1.39 bits per heavy atom. The summed E-state index contributed by atoms with van der Waals surface area (Å²) in [5.41, 5.74) is 4.73. The molecular formula is C27H40O4. The van der Waals surface area contributed by atoms with Crippen molar-refractivity contribution in [3.05, 3.63) is 58.7 Å². The van der Waals surface area contributed by atoms with E-state index in [4.69, 9.17) is 19.7 Å². The molecule has 31 heavy (non-hydrogen) atoms. The third kappa shape index (κ3) is 5.24. The fourth-order valence-electron chi connectivity index (χ4n) is 4.99. The number of aliphatic hydroxyl groups is 2. The lowest BCUT2D eigenvalue weighted by atomic mass is 9.60. The molecule has 0 amide bonds. The summed E-state index contributed by atoms with van der Waals surface area (Å²) in [5, 5.41) is 18.3. The van der Waals surface area contributed by atoms with Crippen LogP contribution in [0, 0.1) is 11.8 Å². The maximum Gasteiger partial charge on any atom is 0.122 e. The molecule has 0 saturated carbocycles. The summed E-state index contributed by atoms with van der Waals surface area (Å²) in [6.07, 6.45) is 1.74. The molecule has 172 valence electrons. The van der Waals surface area contributed by atoms with E-state index < -0.39 is 0 Å². The van der Waals surface area contributed by atoms with E-state index >= 15 is 0 Å². The lowest BCUT2D eigenvalue weighted by molar-refractivity contribution is 0.200. The van der Waals surface area contributed by atoms with Crippen LogP contribution in [0.15, 0.2) is 36.4 Å². The number of benzene rings is 2. The van der Waals surface area contributed by atoms with Crippen LogP contribution in [-0.4, -0.2) is 36.6 Å². The van der Waals surface area contributed by atoms with Gasteiger partial charge in [0.15, 0.2) is 0 Å². The van der Waals surface area contributed by atoms with Crippen LogP contribution < -0.4 is 9.47 Å². The van der Waals surface area contributed by atoms with Crippen LogP contribution >= 0.6 is 0 Å². The smallest absolute Gasteiger partial charge is 0.122 e.